The van der Waals surface area contributed by atoms with Gasteiger partial charge >= 0.3 is 0 Å². The Kier molecular flexibility index (Phi) is 6.04. The molecule has 0 bridgehead atoms. The highest BCUT2D eigenvalue weighted by Gasteiger charge is 2.30. The van der Waals surface area contributed by atoms with E-state index in [0.717, 1.165) is 5.56 Å². The number of nitrogens with zero attached hydrogens (tertiary/aromatic N) is 1. The third kappa shape index (κ3) is 5.21. The minimum Gasteiger partial charge on any atom is -0.355 e. The second kappa shape index (κ2) is 7.13. The van der Waals surface area contributed by atoms with E-state index in [-0.39, 0.29) is 6.54 Å². The zero-order valence-electron chi connectivity index (χ0n) is 12.8. The van der Waals surface area contributed by atoms with Crippen molar-refractivity contribution in [3.63, 3.8) is 0 Å². The molecule has 0 amide bonds. The Bertz CT molecular complexity index is 612. The molecule has 7 heteroatoms. The van der Waals surface area contributed by atoms with Crippen molar-refractivity contribution in [2.24, 2.45) is 4.99 Å². The number of benzene rings is 1. The fourth-order valence-corrected chi connectivity index (χ4v) is 2.01. The van der Waals surface area contributed by atoms with Gasteiger partial charge in [-0.3, -0.25) is 4.99 Å². The Labute approximate surface area is 131 Å². The second-order valence-electron chi connectivity index (χ2n) is 5.40. The van der Waals surface area contributed by atoms with E-state index in [1.54, 1.807) is 20.9 Å². The van der Waals surface area contributed by atoms with Crippen LogP contribution in [0.1, 0.15) is 19.4 Å². The van der Waals surface area contributed by atoms with Crippen molar-refractivity contribution in [1.82, 2.24) is 10.6 Å². The average Bonchev–Trinajstić information content (AvgIpc) is 2.39. The van der Waals surface area contributed by atoms with E-state index in [1.807, 2.05) is 24.3 Å². The maximum absolute atomic E-state index is 11.7. The van der Waals surface area contributed by atoms with E-state index in [9.17, 15) is 8.42 Å². The van der Waals surface area contributed by atoms with Crippen LogP contribution in [0.5, 0.6) is 0 Å². The van der Waals surface area contributed by atoms with Crippen LogP contribution in [-0.2, 0) is 16.4 Å². The van der Waals surface area contributed by atoms with Gasteiger partial charge in [-0.1, -0.05) is 29.8 Å². The molecule has 0 fully saturated rings. The molecule has 0 radical (unpaired) electrons. The molecule has 0 unspecified atom stereocenters. The van der Waals surface area contributed by atoms with Crippen LogP contribution in [0.2, 0.25) is 5.02 Å². The number of hydrogen-bond acceptors (Lipinski definition) is 3. The van der Waals surface area contributed by atoms with Gasteiger partial charge in [-0.15, -0.1) is 0 Å². The van der Waals surface area contributed by atoms with Crippen molar-refractivity contribution >= 4 is 27.4 Å². The molecule has 0 atom stereocenters. The summed E-state index contributed by atoms with van der Waals surface area (Å²) in [7, 11) is -1.51. The van der Waals surface area contributed by atoms with E-state index >= 15 is 0 Å². The number of aliphatic imine (C=N–C) groups is 1. The summed E-state index contributed by atoms with van der Waals surface area (Å²) in [5.74, 6) is 0.534. The number of sulfone groups is 1. The molecule has 0 heterocycles. The quantitative estimate of drug-likeness (QED) is 0.638. The van der Waals surface area contributed by atoms with Crippen LogP contribution >= 0.6 is 11.6 Å². The Balaban J connectivity index is 2.60. The van der Waals surface area contributed by atoms with Crippen LogP contribution in [0.4, 0.5) is 0 Å². The third-order valence-corrected chi connectivity index (χ3v) is 5.83. The second-order valence-corrected chi connectivity index (χ2v) is 8.46. The lowest BCUT2D eigenvalue weighted by atomic mass is 10.2. The van der Waals surface area contributed by atoms with Gasteiger partial charge in [-0.25, -0.2) is 8.42 Å². The summed E-state index contributed by atoms with van der Waals surface area (Å²) >= 11 is 6.08. The molecule has 2 N–H and O–H groups in total. The summed E-state index contributed by atoms with van der Waals surface area (Å²) in [6, 6.07) is 7.52. The standard InChI is InChI=1S/C14H22ClN3O2S/c1-14(2,21(4,19)20)10-18-13(16-3)17-9-11-7-5-6-8-12(11)15/h5-8H,9-10H2,1-4H3,(H2,16,17,18). The molecule has 118 valence electrons. The first-order valence-electron chi connectivity index (χ1n) is 6.55. The summed E-state index contributed by atoms with van der Waals surface area (Å²) < 4.78 is 22.5. The highest BCUT2D eigenvalue weighted by molar-refractivity contribution is 7.92. The largest absolute Gasteiger partial charge is 0.355 e. The lowest BCUT2D eigenvalue weighted by molar-refractivity contribution is 0.544. The molecule has 1 aromatic rings. The molecule has 0 aliphatic rings. The number of hydrogen-bond donors (Lipinski definition) is 2. The fraction of sp³-hybridized carbons (Fsp3) is 0.500. The van der Waals surface area contributed by atoms with Crippen LogP contribution in [0, 0.1) is 0 Å². The van der Waals surface area contributed by atoms with E-state index in [0.29, 0.717) is 17.5 Å². The monoisotopic (exact) mass is 331 g/mol. The van der Waals surface area contributed by atoms with Gasteiger partial charge < -0.3 is 10.6 Å². The van der Waals surface area contributed by atoms with Crippen molar-refractivity contribution in [2.75, 3.05) is 19.8 Å². The maximum atomic E-state index is 11.7. The predicted molar refractivity (Wildman–Crippen MR) is 88.6 cm³/mol. The predicted octanol–water partition coefficient (Wildman–Crippen LogP) is 1.83. The van der Waals surface area contributed by atoms with E-state index < -0.39 is 14.6 Å². The van der Waals surface area contributed by atoms with Crippen molar-refractivity contribution in [2.45, 2.75) is 25.1 Å². The zero-order chi connectivity index (χ0) is 16.1. The first kappa shape index (κ1) is 17.8. The lowest BCUT2D eigenvalue weighted by Gasteiger charge is -2.24. The first-order chi connectivity index (χ1) is 9.67. The topological polar surface area (TPSA) is 70.6 Å². The van der Waals surface area contributed by atoms with Crippen LogP contribution in [-0.4, -0.2) is 39.0 Å². The Hall–Kier alpha value is -1.27. The van der Waals surface area contributed by atoms with E-state index in [2.05, 4.69) is 15.6 Å². The van der Waals surface area contributed by atoms with Gasteiger partial charge in [0, 0.05) is 31.4 Å². The highest BCUT2D eigenvalue weighted by Crippen LogP contribution is 2.15. The first-order valence-corrected chi connectivity index (χ1v) is 8.82. The van der Waals surface area contributed by atoms with Crippen molar-refractivity contribution < 1.29 is 8.42 Å². The van der Waals surface area contributed by atoms with Gasteiger partial charge in [0.05, 0.1) is 4.75 Å². The van der Waals surface area contributed by atoms with Gasteiger partial charge in [-0.2, -0.15) is 0 Å². The fourth-order valence-electron chi connectivity index (χ4n) is 1.47. The molecule has 0 saturated carbocycles. The van der Waals surface area contributed by atoms with Crippen LogP contribution in [0.25, 0.3) is 0 Å². The lowest BCUT2D eigenvalue weighted by Crippen LogP contribution is -2.47. The summed E-state index contributed by atoms with van der Waals surface area (Å²) in [6.45, 7) is 4.14. The van der Waals surface area contributed by atoms with Crippen molar-refractivity contribution in [1.29, 1.82) is 0 Å². The summed E-state index contributed by atoms with van der Waals surface area (Å²) in [6.07, 6.45) is 1.23. The van der Waals surface area contributed by atoms with Crippen molar-refractivity contribution in [3.8, 4) is 0 Å². The number of nitrogens with one attached hydrogen (secondary N) is 2. The molecule has 0 aromatic heterocycles. The molecule has 1 aromatic carbocycles. The summed E-state index contributed by atoms with van der Waals surface area (Å²) in [4.78, 5) is 4.07. The SMILES string of the molecule is CN=C(NCc1ccccc1Cl)NCC(C)(C)S(C)(=O)=O. The highest BCUT2D eigenvalue weighted by atomic mass is 35.5. The molecule has 0 aliphatic carbocycles. The van der Waals surface area contributed by atoms with Gasteiger partial charge in [0.2, 0.25) is 0 Å². The van der Waals surface area contributed by atoms with Gasteiger partial charge in [0.25, 0.3) is 0 Å². The minimum absolute atomic E-state index is 0.272. The Morgan fingerprint density at radius 2 is 1.90 bits per heavy atom. The summed E-state index contributed by atoms with van der Waals surface area (Å²) in [5, 5.41) is 6.81. The zero-order valence-corrected chi connectivity index (χ0v) is 14.3. The Morgan fingerprint density at radius 1 is 1.29 bits per heavy atom. The van der Waals surface area contributed by atoms with E-state index in [1.165, 1.54) is 6.26 Å². The Morgan fingerprint density at radius 3 is 2.43 bits per heavy atom. The van der Waals surface area contributed by atoms with E-state index in [4.69, 9.17) is 11.6 Å². The molecule has 1 rings (SSSR count). The number of rotatable bonds is 5. The maximum Gasteiger partial charge on any atom is 0.191 e. The smallest absolute Gasteiger partial charge is 0.191 e. The molecule has 0 saturated heterocycles. The molecule has 5 nitrogen and oxygen atoms in total. The van der Waals surface area contributed by atoms with Crippen LogP contribution < -0.4 is 10.6 Å². The summed E-state index contributed by atoms with van der Waals surface area (Å²) in [5.41, 5.74) is 0.949. The van der Waals surface area contributed by atoms with Crippen LogP contribution in [0.3, 0.4) is 0 Å². The molecule has 0 spiro atoms. The number of halogens is 1. The molecular formula is C14H22ClN3O2S. The third-order valence-electron chi connectivity index (χ3n) is 3.31. The van der Waals surface area contributed by atoms with Gasteiger partial charge in [0.1, 0.15) is 0 Å². The van der Waals surface area contributed by atoms with Crippen molar-refractivity contribution in [3.05, 3.63) is 34.9 Å². The number of guanidine groups is 1. The normalized spacial score (nSPS) is 13.1. The average molecular weight is 332 g/mol. The van der Waals surface area contributed by atoms with Gasteiger partial charge in [0.15, 0.2) is 15.8 Å². The van der Waals surface area contributed by atoms with Crippen LogP contribution in [0.15, 0.2) is 29.3 Å². The molecular weight excluding hydrogens is 310 g/mol. The molecule has 0 aliphatic heterocycles. The molecule has 21 heavy (non-hydrogen) atoms. The minimum atomic E-state index is -3.15. The van der Waals surface area contributed by atoms with Gasteiger partial charge in [-0.05, 0) is 25.5 Å².